The Morgan fingerprint density at radius 2 is 1.55 bits per heavy atom. The van der Waals surface area contributed by atoms with Crippen molar-refractivity contribution < 1.29 is 4.74 Å². The molecule has 0 radical (unpaired) electrons. The summed E-state index contributed by atoms with van der Waals surface area (Å²) in [5.74, 6) is 3.04. The highest BCUT2D eigenvalue weighted by atomic mass is 16.5. The van der Waals surface area contributed by atoms with E-state index in [0.29, 0.717) is 12.5 Å². The van der Waals surface area contributed by atoms with Crippen LogP contribution in [0.25, 0.3) is 11.0 Å². The van der Waals surface area contributed by atoms with Crippen LogP contribution in [0.15, 0.2) is 66.7 Å². The summed E-state index contributed by atoms with van der Waals surface area (Å²) >= 11 is 0. The van der Waals surface area contributed by atoms with E-state index in [9.17, 15) is 0 Å². The van der Waals surface area contributed by atoms with E-state index >= 15 is 0 Å². The normalized spacial score (nSPS) is 12.4. The summed E-state index contributed by atoms with van der Waals surface area (Å²) < 4.78 is 8.56. The molecule has 0 aliphatic carbocycles. The molecule has 0 spiro atoms. The van der Waals surface area contributed by atoms with E-state index in [1.807, 2.05) is 0 Å². The first-order valence-electron chi connectivity index (χ1n) is 12.2. The number of hydrogen-bond acceptors (Lipinski definition) is 2. The van der Waals surface area contributed by atoms with Crippen LogP contribution in [0.4, 0.5) is 0 Å². The Labute approximate surface area is 198 Å². The predicted molar refractivity (Wildman–Crippen MR) is 138 cm³/mol. The number of para-hydroxylation sites is 3. The van der Waals surface area contributed by atoms with Gasteiger partial charge in [-0.1, -0.05) is 75.4 Å². The van der Waals surface area contributed by atoms with Crippen LogP contribution >= 0.6 is 0 Å². The average Bonchev–Trinajstić information content (AvgIpc) is 3.16. The van der Waals surface area contributed by atoms with E-state index in [-0.39, 0.29) is 5.92 Å². The number of nitrogens with zero attached hydrogens (tertiary/aromatic N) is 2. The smallest absolute Gasteiger partial charge is 0.125 e. The number of rotatable bonds is 9. The summed E-state index contributed by atoms with van der Waals surface area (Å²) in [5, 5.41) is 0. The minimum Gasteiger partial charge on any atom is -0.493 e. The van der Waals surface area contributed by atoms with Gasteiger partial charge in [-0.25, -0.2) is 4.98 Å². The van der Waals surface area contributed by atoms with Gasteiger partial charge in [0.15, 0.2) is 0 Å². The molecule has 3 nitrogen and oxygen atoms in total. The molecule has 0 saturated carbocycles. The summed E-state index contributed by atoms with van der Waals surface area (Å²) in [6.07, 6.45) is 2.05. The largest absolute Gasteiger partial charge is 0.493 e. The van der Waals surface area contributed by atoms with Gasteiger partial charge in [-0.3, -0.25) is 0 Å². The molecule has 172 valence electrons. The molecule has 1 aromatic heterocycles. The van der Waals surface area contributed by atoms with Crippen LogP contribution in [0.5, 0.6) is 5.75 Å². The predicted octanol–water partition coefficient (Wildman–Crippen LogP) is 7.47. The zero-order chi connectivity index (χ0) is 23.4. The van der Waals surface area contributed by atoms with Crippen molar-refractivity contribution in [2.45, 2.75) is 59.9 Å². The van der Waals surface area contributed by atoms with Gasteiger partial charge in [0.1, 0.15) is 11.6 Å². The molecule has 0 amide bonds. The maximum atomic E-state index is 6.17. The lowest BCUT2D eigenvalue weighted by molar-refractivity contribution is 0.298. The van der Waals surface area contributed by atoms with E-state index in [1.165, 1.54) is 27.8 Å². The van der Waals surface area contributed by atoms with Crippen LogP contribution in [0, 0.1) is 19.8 Å². The first-order valence-corrected chi connectivity index (χ1v) is 12.2. The fraction of sp³-hybridized carbons (Fsp3) is 0.367. The molecule has 0 bridgehead atoms. The fourth-order valence-corrected chi connectivity index (χ4v) is 4.65. The van der Waals surface area contributed by atoms with Gasteiger partial charge in [0.05, 0.1) is 17.6 Å². The van der Waals surface area contributed by atoms with E-state index in [2.05, 4.69) is 106 Å². The van der Waals surface area contributed by atoms with Crippen LogP contribution in [0.3, 0.4) is 0 Å². The topological polar surface area (TPSA) is 27.1 Å². The van der Waals surface area contributed by atoms with Crippen molar-refractivity contribution in [3.8, 4) is 5.75 Å². The molecule has 3 heteroatoms. The van der Waals surface area contributed by atoms with Crippen molar-refractivity contribution in [3.63, 3.8) is 0 Å². The van der Waals surface area contributed by atoms with E-state index < -0.39 is 0 Å². The quantitative estimate of drug-likeness (QED) is 0.252. The highest BCUT2D eigenvalue weighted by Gasteiger charge is 2.18. The SMILES string of the molecule is Cc1cccc(C)c1OCCCn1c(C(C)c2ccc(CC(C)C)cc2)nc2ccccc21. The van der Waals surface area contributed by atoms with E-state index in [4.69, 9.17) is 9.72 Å². The number of hydrogen-bond donors (Lipinski definition) is 0. The maximum absolute atomic E-state index is 6.17. The first-order chi connectivity index (χ1) is 15.9. The average molecular weight is 441 g/mol. The van der Waals surface area contributed by atoms with Crippen molar-refractivity contribution >= 4 is 11.0 Å². The molecule has 4 aromatic rings. The number of ether oxygens (including phenoxy) is 1. The van der Waals surface area contributed by atoms with Crippen LogP contribution in [-0.4, -0.2) is 16.2 Å². The van der Waals surface area contributed by atoms with Gasteiger partial charge in [0.25, 0.3) is 0 Å². The highest BCUT2D eigenvalue weighted by Crippen LogP contribution is 2.28. The van der Waals surface area contributed by atoms with Crippen molar-refractivity contribution in [3.05, 3.63) is 94.8 Å². The summed E-state index contributed by atoms with van der Waals surface area (Å²) in [7, 11) is 0. The maximum Gasteiger partial charge on any atom is 0.125 e. The second-order valence-corrected chi connectivity index (χ2v) is 9.59. The monoisotopic (exact) mass is 440 g/mol. The molecule has 0 aliphatic heterocycles. The van der Waals surface area contributed by atoms with E-state index in [0.717, 1.165) is 36.5 Å². The minimum atomic E-state index is 0.227. The van der Waals surface area contributed by atoms with Gasteiger partial charge in [0, 0.05) is 12.5 Å². The Bertz CT molecular complexity index is 1180. The van der Waals surface area contributed by atoms with Crippen molar-refractivity contribution in [2.75, 3.05) is 6.61 Å². The standard InChI is InChI=1S/C30H36N2O/c1-21(2)20-25-14-16-26(17-15-25)24(5)30-31-27-12-6-7-13-28(27)32(30)18-9-19-33-29-22(3)10-8-11-23(29)4/h6-8,10-17,21,24H,9,18-20H2,1-5H3. The molecule has 0 N–H and O–H groups in total. The van der Waals surface area contributed by atoms with Gasteiger partial charge >= 0.3 is 0 Å². The van der Waals surface area contributed by atoms with Crippen LogP contribution in [0.1, 0.15) is 61.2 Å². The zero-order valence-corrected chi connectivity index (χ0v) is 20.6. The lowest BCUT2D eigenvalue weighted by atomic mass is 9.96. The molecule has 1 unspecified atom stereocenters. The Kier molecular flexibility index (Phi) is 7.17. The van der Waals surface area contributed by atoms with Gasteiger partial charge < -0.3 is 9.30 Å². The first kappa shape index (κ1) is 23.1. The Balaban J connectivity index is 1.53. The Morgan fingerprint density at radius 1 is 0.848 bits per heavy atom. The summed E-state index contributed by atoms with van der Waals surface area (Å²) in [5.41, 5.74) is 7.36. The fourth-order valence-electron chi connectivity index (χ4n) is 4.65. The van der Waals surface area contributed by atoms with Crippen LogP contribution in [0.2, 0.25) is 0 Å². The van der Waals surface area contributed by atoms with Crippen molar-refractivity contribution in [1.82, 2.24) is 9.55 Å². The zero-order valence-electron chi connectivity index (χ0n) is 20.6. The number of aryl methyl sites for hydroxylation is 3. The number of benzene rings is 3. The lowest BCUT2D eigenvalue weighted by Crippen LogP contribution is -2.11. The van der Waals surface area contributed by atoms with Crippen LogP contribution < -0.4 is 4.74 Å². The number of fused-ring (bicyclic) bond motifs is 1. The number of aromatic nitrogens is 2. The highest BCUT2D eigenvalue weighted by molar-refractivity contribution is 5.76. The summed E-state index contributed by atoms with van der Waals surface area (Å²) in [6, 6.07) is 23.9. The Morgan fingerprint density at radius 3 is 2.24 bits per heavy atom. The number of imidazole rings is 1. The molecule has 0 saturated heterocycles. The van der Waals surface area contributed by atoms with Crippen molar-refractivity contribution in [1.29, 1.82) is 0 Å². The summed E-state index contributed by atoms with van der Waals surface area (Å²) in [6.45, 7) is 12.6. The second kappa shape index (κ2) is 10.2. The van der Waals surface area contributed by atoms with Gasteiger partial charge in [0.2, 0.25) is 0 Å². The lowest BCUT2D eigenvalue weighted by Gasteiger charge is -2.17. The molecular weight excluding hydrogens is 404 g/mol. The molecule has 1 heterocycles. The van der Waals surface area contributed by atoms with Crippen molar-refractivity contribution in [2.24, 2.45) is 5.92 Å². The molecule has 3 aromatic carbocycles. The van der Waals surface area contributed by atoms with Gasteiger partial charge in [-0.15, -0.1) is 0 Å². The minimum absolute atomic E-state index is 0.227. The third-order valence-corrected chi connectivity index (χ3v) is 6.38. The van der Waals surface area contributed by atoms with Crippen LogP contribution in [-0.2, 0) is 13.0 Å². The molecule has 0 aliphatic rings. The molecule has 33 heavy (non-hydrogen) atoms. The molecule has 1 atom stereocenters. The van der Waals surface area contributed by atoms with Gasteiger partial charge in [-0.2, -0.15) is 0 Å². The molecule has 0 fully saturated rings. The van der Waals surface area contributed by atoms with Gasteiger partial charge in [-0.05, 0) is 67.0 Å². The second-order valence-electron chi connectivity index (χ2n) is 9.59. The Hall–Kier alpha value is -3.07. The molecular formula is C30H36N2O. The summed E-state index contributed by atoms with van der Waals surface area (Å²) in [4.78, 5) is 5.05. The third-order valence-electron chi connectivity index (χ3n) is 6.38. The molecule has 4 rings (SSSR count). The third kappa shape index (κ3) is 5.30. The van der Waals surface area contributed by atoms with E-state index in [1.54, 1.807) is 0 Å².